The molecule has 0 unspecified atom stereocenters. The van der Waals surface area contributed by atoms with Crippen LogP contribution in [0, 0.1) is 6.92 Å². The summed E-state index contributed by atoms with van der Waals surface area (Å²) in [6.07, 6.45) is 0. The summed E-state index contributed by atoms with van der Waals surface area (Å²) < 4.78 is 5.37. The Morgan fingerprint density at radius 3 is 3.00 bits per heavy atom. The van der Waals surface area contributed by atoms with Crippen LogP contribution in [0.1, 0.15) is 11.5 Å². The van der Waals surface area contributed by atoms with Gasteiger partial charge in [0.2, 0.25) is 0 Å². The SMILES string of the molecule is Cc1nc2cc(CN(C)C(=O)Br)ccc2o1. The van der Waals surface area contributed by atoms with Gasteiger partial charge < -0.3 is 9.32 Å². The third-order valence-electron chi connectivity index (χ3n) is 2.28. The van der Waals surface area contributed by atoms with Crippen molar-refractivity contribution in [2.45, 2.75) is 13.5 Å². The van der Waals surface area contributed by atoms with Crippen molar-refractivity contribution in [3.8, 4) is 0 Å². The third kappa shape index (κ3) is 2.24. The monoisotopic (exact) mass is 282 g/mol. The minimum Gasteiger partial charge on any atom is -0.441 e. The van der Waals surface area contributed by atoms with E-state index in [4.69, 9.17) is 4.42 Å². The summed E-state index contributed by atoms with van der Waals surface area (Å²) in [6, 6.07) is 5.73. The summed E-state index contributed by atoms with van der Waals surface area (Å²) in [5, 5.41) is 0. The Morgan fingerprint density at radius 1 is 1.56 bits per heavy atom. The molecular weight excluding hydrogens is 272 g/mol. The molecule has 1 heterocycles. The van der Waals surface area contributed by atoms with E-state index in [1.54, 1.807) is 11.9 Å². The highest BCUT2D eigenvalue weighted by molar-refractivity contribution is 9.18. The molecule has 0 N–H and O–H groups in total. The summed E-state index contributed by atoms with van der Waals surface area (Å²) in [5.41, 5.74) is 2.62. The quantitative estimate of drug-likeness (QED) is 0.628. The van der Waals surface area contributed by atoms with Crippen LogP contribution in [0.5, 0.6) is 0 Å². The molecule has 0 saturated heterocycles. The Hall–Kier alpha value is -1.36. The normalized spacial score (nSPS) is 10.7. The van der Waals surface area contributed by atoms with E-state index in [1.165, 1.54) is 0 Å². The molecule has 5 heteroatoms. The molecule has 0 spiro atoms. The number of rotatable bonds is 2. The van der Waals surface area contributed by atoms with E-state index in [2.05, 4.69) is 20.9 Å². The van der Waals surface area contributed by atoms with Crippen molar-refractivity contribution in [2.75, 3.05) is 7.05 Å². The van der Waals surface area contributed by atoms with Gasteiger partial charge in [-0.25, -0.2) is 4.98 Å². The van der Waals surface area contributed by atoms with E-state index >= 15 is 0 Å². The lowest BCUT2D eigenvalue weighted by Gasteiger charge is -2.12. The molecule has 1 aromatic heterocycles. The zero-order chi connectivity index (χ0) is 11.7. The summed E-state index contributed by atoms with van der Waals surface area (Å²) in [5.74, 6) is 0.650. The zero-order valence-corrected chi connectivity index (χ0v) is 10.6. The Morgan fingerprint density at radius 2 is 2.31 bits per heavy atom. The van der Waals surface area contributed by atoms with Crippen molar-refractivity contribution < 1.29 is 9.21 Å². The van der Waals surface area contributed by atoms with Crippen molar-refractivity contribution in [1.82, 2.24) is 9.88 Å². The van der Waals surface area contributed by atoms with Crippen LogP contribution in [0.3, 0.4) is 0 Å². The van der Waals surface area contributed by atoms with E-state index in [-0.39, 0.29) is 4.82 Å². The molecular formula is C11H11BrN2O2. The Bertz CT molecular complexity index is 536. The molecule has 0 saturated carbocycles. The van der Waals surface area contributed by atoms with E-state index < -0.39 is 0 Å². The van der Waals surface area contributed by atoms with Gasteiger partial charge in [-0.05, 0) is 17.7 Å². The number of aryl methyl sites for hydroxylation is 1. The number of aromatic nitrogens is 1. The number of oxazole rings is 1. The number of hydrogen-bond donors (Lipinski definition) is 0. The lowest BCUT2D eigenvalue weighted by Crippen LogP contribution is -2.19. The van der Waals surface area contributed by atoms with Gasteiger partial charge in [0.15, 0.2) is 11.5 Å². The Kier molecular flexibility index (Phi) is 2.96. The van der Waals surface area contributed by atoms with Gasteiger partial charge in [0.25, 0.3) is 4.82 Å². The van der Waals surface area contributed by atoms with Gasteiger partial charge in [0.1, 0.15) is 5.52 Å². The van der Waals surface area contributed by atoms with Crippen molar-refractivity contribution in [3.05, 3.63) is 29.7 Å². The lowest BCUT2D eigenvalue weighted by atomic mass is 10.2. The smallest absolute Gasteiger partial charge is 0.289 e. The Balaban J connectivity index is 2.28. The average Bonchev–Trinajstić information content (AvgIpc) is 2.57. The summed E-state index contributed by atoms with van der Waals surface area (Å²) in [7, 11) is 1.73. The number of carbonyl (C=O) groups excluding carboxylic acids is 1. The number of halogens is 1. The number of carbonyl (C=O) groups is 1. The van der Waals surface area contributed by atoms with E-state index in [0.717, 1.165) is 16.7 Å². The summed E-state index contributed by atoms with van der Waals surface area (Å²) in [4.78, 5) is 16.7. The van der Waals surface area contributed by atoms with Crippen LogP contribution >= 0.6 is 15.9 Å². The molecule has 2 aromatic rings. The molecule has 16 heavy (non-hydrogen) atoms. The summed E-state index contributed by atoms with van der Waals surface area (Å²) >= 11 is 2.90. The molecule has 2 rings (SSSR count). The van der Waals surface area contributed by atoms with Gasteiger partial charge in [0, 0.05) is 36.4 Å². The molecule has 4 nitrogen and oxygen atoms in total. The van der Waals surface area contributed by atoms with Gasteiger partial charge in [-0.15, -0.1) is 0 Å². The predicted molar refractivity (Wildman–Crippen MR) is 64.5 cm³/mol. The molecule has 1 amide bonds. The maximum absolute atomic E-state index is 11.0. The van der Waals surface area contributed by atoms with Crippen LogP contribution < -0.4 is 0 Å². The van der Waals surface area contributed by atoms with Gasteiger partial charge in [-0.2, -0.15) is 0 Å². The molecule has 1 aromatic carbocycles. The standard InChI is InChI=1S/C11H11BrN2O2/c1-7-13-9-5-8(3-4-10(9)16-7)6-14(2)11(12)15/h3-5H,6H2,1-2H3. The van der Waals surface area contributed by atoms with Crippen LogP contribution in [-0.4, -0.2) is 21.7 Å². The molecule has 84 valence electrons. The maximum atomic E-state index is 11.0. The second-order valence-corrected chi connectivity index (χ2v) is 4.32. The first-order chi connectivity index (χ1) is 7.56. The highest BCUT2D eigenvalue weighted by atomic mass is 79.9. The van der Waals surface area contributed by atoms with E-state index in [0.29, 0.717) is 12.4 Å². The van der Waals surface area contributed by atoms with Crippen molar-refractivity contribution >= 4 is 31.8 Å². The van der Waals surface area contributed by atoms with Crippen LogP contribution in [0.15, 0.2) is 22.6 Å². The highest BCUT2D eigenvalue weighted by Gasteiger charge is 2.07. The molecule has 0 bridgehead atoms. The molecule has 0 atom stereocenters. The fraction of sp³-hybridized carbons (Fsp3) is 0.273. The second-order valence-electron chi connectivity index (χ2n) is 3.64. The van der Waals surface area contributed by atoms with Crippen molar-refractivity contribution in [3.63, 3.8) is 0 Å². The number of benzene rings is 1. The maximum Gasteiger partial charge on any atom is 0.289 e. The van der Waals surface area contributed by atoms with Crippen LogP contribution in [0.25, 0.3) is 11.1 Å². The second kappa shape index (κ2) is 4.25. The minimum atomic E-state index is -0.135. The third-order valence-corrected chi connectivity index (χ3v) is 2.88. The molecule has 0 aliphatic carbocycles. The minimum absolute atomic E-state index is 0.135. The first kappa shape index (κ1) is 11.1. The van der Waals surface area contributed by atoms with Gasteiger partial charge in [-0.3, -0.25) is 4.79 Å². The predicted octanol–water partition coefficient (Wildman–Crippen LogP) is 3.08. The fourth-order valence-corrected chi connectivity index (χ4v) is 1.65. The molecule has 0 aliphatic heterocycles. The fourth-order valence-electron chi connectivity index (χ4n) is 1.52. The first-order valence-corrected chi connectivity index (χ1v) is 5.62. The van der Waals surface area contributed by atoms with Crippen molar-refractivity contribution in [1.29, 1.82) is 0 Å². The lowest BCUT2D eigenvalue weighted by molar-refractivity contribution is 0.233. The number of hydrogen-bond acceptors (Lipinski definition) is 3. The number of nitrogens with zero attached hydrogens (tertiary/aromatic N) is 2. The van der Waals surface area contributed by atoms with Crippen LogP contribution in [-0.2, 0) is 6.54 Å². The highest BCUT2D eigenvalue weighted by Crippen LogP contribution is 2.17. The number of amides is 1. The largest absolute Gasteiger partial charge is 0.441 e. The van der Waals surface area contributed by atoms with E-state index in [9.17, 15) is 4.79 Å². The van der Waals surface area contributed by atoms with Gasteiger partial charge in [-0.1, -0.05) is 6.07 Å². The van der Waals surface area contributed by atoms with Crippen molar-refractivity contribution in [2.24, 2.45) is 0 Å². The summed E-state index contributed by atoms with van der Waals surface area (Å²) in [6.45, 7) is 2.36. The molecule has 0 fully saturated rings. The molecule has 0 aliphatic rings. The Labute approximate surface area is 101 Å². The van der Waals surface area contributed by atoms with Gasteiger partial charge >= 0.3 is 0 Å². The van der Waals surface area contributed by atoms with Crippen LogP contribution in [0.2, 0.25) is 0 Å². The molecule has 0 radical (unpaired) electrons. The zero-order valence-electron chi connectivity index (χ0n) is 9.03. The topological polar surface area (TPSA) is 46.3 Å². The average molecular weight is 283 g/mol. The van der Waals surface area contributed by atoms with E-state index in [1.807, 2.05) is 25.1 Å². The first-order valence-electron chi connectivity index (χ1n) is 4.83. The van der Waals surface area contributed by atoms with Gasteiger partial charge in [0.05, 0.1) is 0 Å². The number of fused-ring (bicyclic) bond motifs is 1. The van der Waals surface area contributed by atoms with Crippen LogP contribution in [0.4, 0.5) is 4.79 Å².